The van der Waals surface area contributed by atoms with Crippen molar-refractivity contribution in [2.24, 2.45) is 4.99 Å². The molecule has 0 spiro atoms. The molecule has 0 heterocycles. The maximum atomic E-state index is 13.0. The summed E-state index contributed by atoms with van der Waals surface area (Å²) in [6.07, 6.45) is -4.91. The van der Waals surface area contributed by atoms with E-state index in [1.807, 2.05) is 0 Å². The molecule has 0 aliphatic carbocycles. The Kier molecular flexibility index (Phi) is 3.75. The molecule has 0 fully saturated rings. The molecule has 0 saturated heterocycles. The van der Waals surface area contributed by atoms with Crippen LogP contribution in [0.2, 0.25) is 5.02 Å². The Morgan fingerprint density at radius 1 is 1.19 bits per heavy atom. The van der Waals surface area contributed by atoms with E-state index >= 15 is 0 Å². The number of hydrogen-bond acceptors (Lipinski definition) is 1. The fourth-order valence-electron chi connectivity index (χ4n) is 0.803. The second-order valence-corrected chi connectivity index (χ2v) is 3.38. The number of alkyl halides is 3. The summed E-state index contributed by atoms with van der Waals surface area (Å²) in [7, 11) is 0. The molecule has 0 bridgehead atoms. The highest BCUT2D eigenvalue weighted by molar-refractivity contribution is 6.67. The van der Waals surface area contributed by atoms with Crippen molar-refractivity contribution in [3.63, 3.8) is 0 Å². The average Bonchev–Trinajstić information content (AvgIpc) is 2.08. The van der Waals surface area contributed by atoms with Crippen molar-refractivity contribution in [3.05, 3.63) is 28.8 Å². The van der Waals surface area contributed by atoms with Crippen molar-refractivity contribution in [2.45, 2.75) is 6.18 Å². The van der Waals surface area contributed by atoms with Crippen molar-refractivity contribution < 1.29 is 22.0 Å². The fraction of sp³-hybridized carbons (Fsp3) is 0.125. The molecule has 0 aliphatic heterocycles. The van der Waals surface area contributed by atoms with E-state index in [9.17, 15) is 22.0 Å². The number of rotatable bonds is 1. The van der Waals surface area contributed by atoms with Crippen molar-refractivity contribution in [1.29, 1.82) is 0 Å². The largest absolute Gasteiger partial charge is 0.444 e. The Morgan fingerprint density at radius 3 is 2.19 bits per heavy atom. The number of aliphatic imine (C=N–C) groups is 1. The summed E-state index contributed by atoms with van der Waals surface area (Å²) >= 11 is 10.1. The van der Waals surface area contributed by atoms with E-state index in [0.717, 1.165) is 0 Å². The Balaban J connectivity index is 3.26. The smallest absolute Gasteiger partial charge is 0.228 e. The standard InChI is InChI=1S/C8H2Cl2F5N/c9-4-1-3(11)2-5(12)6(4)16-7(10)8(13,14)15/h1-2H. The first-order chi connectivity index (χ1) is 7.21. The van der Waals surface area contributed by atoms with Crippen LogP contribution in [0.15, 0.2) is 17.1 Å². The van der Waals surface area contributed by atoms with Crippen molar-refractivity contribution in [1.82, 2.24) is 0 Å². The van der Waals surface area contributed by atoms with Crippen molar-refractivity contribution in [2.75, 3.05) is 0 Å². The summed E-state index contributed by atoms with van der Waals surface area (Å²) in [6.45, 7) is 0. The Morgan fingerprint density at radius 2 is 1.75 bits per heavy atom. The van der Waals surface area contributed by atoms with E-state index in [-0.39, 0.29) is 0 Å². The molecule has 0 N–H and O–H groups in total. The van der Waals surface area contributed by atoms with Crippen LogP contribution in [-0.2, 0) is 0 Å². The van der Waals surface area contributed by atoms with Gasteiger partial charge in [-0.2, -0.15) is 13.2 Å². The summed E-state index contributed by atoms with van der Waals surface area (Å²) in [5.74, 6) is -2.35. The lowest BCUT2D eigenvalue weighted by Crippen LogP contribution is -2.16. The highest BCUT2D eigenvalue weighted by atomic mass is 35.5. The maximum Gasteiger partial charge on any atom is 0.444 e. The third-order valence-electron chi connectivity index (χ3n) is 1.43. The average molecular weight is 278 g/mol. The van der Waals surface area contributed by atoms with E-state index in [1.165, 1.54) is 0 Å². The summed E-state index contributed by atoms with van der Waals surface area (Å²) in [5, 5.41) is -2.39. The maximum absolute atomic E-state index is 13.0. The highest BCUT2D eigenvalue weighted by Gasteiger charge is 2.35. The summed E-state index contributed by atoms with van der Waals surface area (Å²) in [6, 6.07) is 0.981. The van der Waals surface area contributed by atoms with Crippen LogP contribution < -0.4 is 0 Å². The molecule has 0 atom stereocenters. The molecule has 0 unspecified atom stereocenters. The second-order valence-electron chi connectivity index (χ2n) is 2.62. The molecular formula is C8H2Cl2F5N. The third-order valence-corrected chi connectivity index (χ3v) is 2.01. The number of hydrogen-bond donors (Lipinski definition) is 0. The molecule has 0 saturated carbocycles. The summed E-state index contributed by atoms with van der Waals surface area (Å²) in [4.78, 5) is 2.75. The lowest BCUT2D eigenvalue weighted by molar-refractivity contribution is -0.0558. The van der Waals surface area contributed by atoms with Gasteiger partial charge in [0.1, 0.15) is 11.5 Å². The van der Waals surface area contributed by atoms with Crippen LogP contribution >= 0.6 is 23.2 Å². The van der Waals surface area contributed by atoms with Crippen LogP contribution in [0.3, 0.4) is 0 Å². The SMILES string of the molecule is Fc1cc(F)c(N=C(Cl)C(F)(F)F)c(Cl)c1. The van der Waals surface area contributed by atoms with Crippen LogP contribution in [-0.4, -0.2) is 11.3 Å². The van der Waals surface area contributed by atoms with Crippen molar-refractivity contribution in [3.8, 4) is 0 Å². The van der Waals surface area contributed by atoms with Crippen LogP contribution in [0, 0.1) is 11.6 Å². The number of nitrogens with zero attached hydrogens (tertiary/aromatic N) is 1. The molecule has 1 aromatic carbocycles. The van der Waals surface area contributed by atoms with Crippen LogP contribution in [0.4, 0.5) is 27.6 Å². The Hall–Kier alpha value is -0.880. The molecule has 0 amide bonds. The van der Waals surface area contributed by atoms with E-state index < -0.39 is 33.7 Å². The minimum atomic E-state index is -4.91. The van der Waals surface area contributed by atoms with Crippen LogP contribution in [0.25, 0.3) is 0 Å². The number of halogens is 7. The second kappa shape index (κ2) is 4.55. The topological polar surface area (TPSA) is 12.4 Å². The first-order valence-electron chi connectivity index (χ1n) is 3.67. The van der Waals surface area contributed by atoms with Crippen molar-refractivity contribution >= 4 is 34.1 Å². The van der Waals surface area contributed by atoms with Gasteiger partial charge in [0, 0.05) is 6.07 Å². The third kappa shape index (κ3) is 3.05. The van der Waals surface area contributed by atoms with Gasteiger partial charge in [-0.15, -0.1) is 0 Å². The lowest BCUT2D eigenvalue weighted by atomic mass is 10.3. The van der Waals surface area contributed by atoms with Crippen LogP contribution in [0.5, 0.6) is 0 Å². The van der Waals surface area contributed by atoms with E-state index in [1.54, 1.807) is 0 Å². The molecule has 1 aromatic rings. The van der Waals surface area contributed by atoms with Gasteiger partial charge in [-0.05, 0) is 6.07 Å². The predicted molar refractivity (Wildman–Crippen MR) is 50.4 cm³/mol. The van der Waals surface area contributed by atoms with Gasteiger partial charge in [0.2, 0.25) is 5.17 Å². The Labute approximate surface area is 96.5 Å². The normalized spacial score (nSPS) is 13.1. The monoisotopic (exact) mass is 277 g/mol. The van der Waals surface area contributed by atoms with Gasteiger partial charge < -0.3 is 0 Å². The van der Waals surface area contributed by atoms with Gasteiger partial charge in [0.15, 0.2) is 5.82 Å². The fourth-order valence-corrected chi connectivity index (χ4v) is 1.12. The molecule has 1 rings (SSSR count). The molecule has 88 valence electrons. The van der Waals surface area contributed by atoms with Gasteiger partial charge >= 0.3 is 6.18 Å². The zero-order chi connectivity index (χ0) is 12.5. The highest BCUT2D eigenvalue weighted by Crippen LogP contribution is 2.32. The van der Waals surface area contributed by atoms with Gasteiger partial charge in [0.05, 0.1) is 5.02 Å². The van der Waals surface area contributed by atoms with Gasteiger partial charge in [0.25, 0.3) is 0 Å². The summed E-state index contributed by atoms with van der Waals surface area (Å²) < 4.78 is 61.5. The van der Waals surface area contributed by atoms with E-state index in [0.29, 0.717) is 12.1 Å². The zero-order valence-electron chi connectivity index (χ0n) is 7.25. The van der Waals surface area contributed by atoms with E-state index in [4.69, 9.17) is 23.2 Å². The van der Waals surface area contributed by atoms with E-state index in [2.05, 4.69) is 4.99 Å². The first-order valence-corrected chi connectivity index (χ1v) is 4.43. The quantitative estimate of drug-likeness (QED) is 0.531. The lowest BCUT2D eigenvalue weighted by Gasteiger charge is -2.05. The van der Waals surface area contributed by atoms with Gasteiger partial charge in [-0.1, -0.05) is 23.2 Å². The minimum absolute atomic E-state index is 0.352. The summed E-state index contributed by atoms with van der Waals surface area (Å²) in [5.41, 5.74) is -0.856. The molecule has 0 radical (unpaired) electrons. The minimum Gasteiger partial charge on any atom is -0.228 e. The molecule has 8 heteroatoms. The molecule has 0 aliphatic rings. The first kappa shape index (κ1) is 13.2. The Bertz CT molecular complexity index is 418. The predicted octanol–water partition coefficient (Wildman–Crippen LogP) is 4.45. The molecular weight excluding hydrogens is 276 g/mol. The molecule has 16 heavy (non-hydrogen) atoms. The molecule has 0 aromatic heterocycles. The van der Waals surface area contributed by atoms with Gasteiger partial charge in [-0.25, -0.2) is 13.8 Å². The zero-order valence-corrected chi connectivity index (χ0v) is 8.76. The van der Waals surface area contributed by atoms with Crippen LogP contribution in [0.1, 0.15) is 0 Å². The number of benzene rings is 1. The molecule has 1 nitrogen and oxygen atoms in total. The van der Waals surface area contributed by atoms with Gasteiger partial charge in [-0.3, -0.25) is 0 Å².